The molecule has 0 amide bonds. The Bertz CT molecular complexity index is 344. The minimum absolute atomic E-state index is 0.315. The zero-order valence-electron chi connectivity index (χ0n) is 10.1. The number of hydrogen-bond acceptors (Lipinski definition) is 3. The largest absolute Gasteiger partial charge is 0.464 e. The highest BCUT2D eigenvalue weighted by molar-refractivity contribution is 5.81. The van der Waals surface area contributed by atoms with Gasteiger partial charge in [-0.3, -0.25) is 0 Å². The van der Waals surface area contributed by atoms with E-state index in [1.165, 1.54) is 0 Å². The van der Waals surface area contributed by atoms with Crippen LogP contribution in [0.15, 0.2) is 30.3 Å². The Balaban J connectivity index is 2.74. The highest BCUT2D eigenvalue weighted by atomic mass is 16.5. The van der Waals surface area contributed by atoms with Gasteiger partial charge in [-0.15, -0.1) is 0 Å². The predicted molar refractivity (Wildman–Crippen MR) is 63.8 cm³/mol. The van der Waals surface area contributed by atoms with Gasteiger partial charge in [0.1, 0.15) is 5.54 Å². The SMILES string of the molecule is CC(C)COC(=O)C(C)(N)c1ccccc1. The maximum absolute atomic E-state index is 11.8. The average molecular weight is 221 g/mol. The van der Waals surface area contributed by atoms with Crippen molar-refractivity contribution in [3.05, 3.63) is 35.9 Å². The maximum atomic E-state index is 11.8. The molecule has 2 N–H and O–H groups in total. The van der Waals surface area contributed by atoms with Gasteiger partial charge >= 0.3 is 5.97 Å². The molecule has 1 aromatic carbocycles. The number of nitrogens with two attached hydrogens (primary N) is 1. The molecule has 0 aliphatic heterocycles. The van der Waals surface area contributed by atoms with Crippen LogP contribution in [0.1, 0.15) is 26.3 Å². The Hall–Kier alpha value is -1.35. The number of ether oxygens (including phenoxy) is 1. The molecule has 0 heterocycles. The van der Waals surface area contributed by atoms with Crippen LogP contribution >= 0.6 is 0 Å². The number of carbonyl (C=O) groups is 1. The number of rotatable bonds is 4. The van der Waals surface area contributed by atoms with Crippen LogP contribution < -0.4 is 5.73 Å². The van der Waals surface area contributed by atoms with Gasteiger partial charge in [-0.05, 0) is 18.4 Å². The van der Waals surface area contributed by atoms with Crippen LogP contribution in [0.5, 0.6) is 0 Å². The molecule has 0 aromatic heterocycles. The van der Waals surface area contributed by atoms with Crippen molar-refractivity contribution in [1.82, 2.24) is 0 Å². The summed E-state index contributed by atoms with van der Waals surface area (Å²) in [5, 5.41) is 0. The molecule has 0 aliphatic rings. The number of benzene rings is 1. The summed E-state index contributed by atoms with van der Waals surface area (Å²) in [6.45, 7) is 6.05. The zero-order chi connectivity index (χ0) is 12.2. The second-order valence-electron chi connectivity index (χ2n) is 4.56. The first-order valence-corrected chi connectivity index (χ1v) is 5.46. The van der Waals surface area contributed by atoms with E-state index in [1.807, 2.05) is 44.2 Å². The van der Waals surface area contributed by atoms with E-state index in [-0.39, 0.29) is 5.97 Å². The van der Waals surface area contributed by atoms with E-state index in [0.717, 1.165) is 5.56 Å². The van der Waals surface area contributed by atoms with Gasteiger partial charge in [-0.2, -0.15) is 0 Å². The molecule has 1 aromatic rings. The summed E-state index contributed by atoms with van der Waals surface area (Å²) in [7, 11) is 0. The molecule has 1 atom stereocenters. The fraction of sp³-hybridized carbons (Fsp3) is 0.462. The summed E-state index contributed by atoms with van der Waals surface area (Å²) in [5.74, 6) is -0.0667. The highest BCUT2D eigenvalue weighted by Crippen LogP contribution is 2.19. The summed E-state index contributed by atoms with van der Waals surface area (Å²) in [4.78, 5) is 11.8. The van der Waals surface area contributed by atoms with Gasteiger partial charge in [0.05, 0.1) is 6.61 Å². The summed E-state index contributed by atoms with van der Waals surface area (Å²) in [6, 6.07) is 9.26. The normalized spacial score (nSPS) is 14.6. The topological polar surface area (TPSA) is 52.3 Å². The van der Waals surface area contributed by atoms with E-state index < -0.39 is 5.54 Å². The van der Waals surface area contributed by atoms with E-state index in [9.17, 15) is 4.79 Å². The van der Waals surface area contributed by atoms with Crippen LogP contribution in [0, 0.1) is 5.92 Å². The van der Waals surface area contributed by atoms with E-state index in [2.05, 4.69) is 0 Å². The van der Waals surface area contributed by atoms with Crippen molar-refractivity contribution in [3.63, 3.8) is 0 Å². The Morgan fingerprint density at radius 2 is 1.94 bits per heavy atom. The highest BCUT2D eigenvalue weighted by Gasteiger charge is 2.32. The molecule has 0 spiro atoms. The zero-order valence-corrected chi connectivity index (χ0v) is 10.1. The Morgan fingerprint density at radius 3 is 2.44 bits per heavy atom. The van der Waals surface area contributed by atoms with Crippen LogP contribution in [-0.4, -0.2) is 12.6 Å². The van der Waals surface area contributed by atoms with Gasteiger partial charge < -0.3 is 10.5 Å². The van der Waals surface area contributed by atoms with Crippen molar-refractivity contribution >= 4 is 5.97 Å². The number of hydrogen-bond donors (Lipinski definition) is 1. The van der Waals surface area contributed by atoms with E-state index >= 15 is 0 Å². The fourth-order valence-electron chi connectivity index (χ4n) is 1.29. The number of esters is 1. The molecule has 16 heavy (non-hydrogen) atoms. The van der Waals surface area contributed by atoms with Gasteiger partial charge in [-0.1, -0.05) is 44.2 Å². The molecule has 0 aliphatic carbocycles. The lowest BCUT2D eigenvalue weighted by molar-refractivity contribution is -0.151. The van der Waals surface area contributed by atoms with Crippen molar-refractivity contribution in [2.75, 3.05) is 6.61 Å². The van der Waals surface area contributed by atoms with E-state index in [4.69, 9.17) is 10.5 Å². The van der Waals surface area contributed by atoms with Crippen molar-refractivity contribution in [2.45, 2.75) is 26.3 Å². The average Bonchev–Trinajstić information content (AvgIpc) is 2.27. The quantitative estimate of drug-likeness (QED) is 0.792. The molecule has 0 radical (unpaired) electrons. The Labute approximate surface area is 96.6 Å². The molecule has 0 bridgehead atoms. The summed E-state index contributed by atoms with van der Waals surface area (Å²) < 4.78 is 5.16. The third-order valence-electron chi connectivity index (χ3n) is 2.35. The second-order valence-corrected chi connectivity index (χ2v) is 4.56. The lowest BCUT2D eigenvalue weighted by Gasteiger charge is -2.23. The molecular formula is C13H19NO2. The summed E-state index contributed by atoms with van der Waals surface area (Å²) in [6.07, 6.45) is 0. The van der Waals surface area contributed by atoms with Crippen LogP contribution in [0.2, 0.25) is 0 Å². The van der Waals surface area contributed by atoms with Crippen LogP contribution in [0.25, 0.3) is 0 Å². The smallest absolute Gasteiger partial charge is 0.330 e. The minimum Gasteiger partial charge on any atom is -0.464 e. The van der Waals surface area contributed by atoms with Crippen LogP contribution in [-0.2, 0) is 15.1 Å². The Kier molecular flexibility index (Phi) is 4.07. The summed E-state index contributed by atoms with van der Waals surface area (Å²) >= 11 is 0. The summed E-state index contributed by atoms with van der Waals surface area (Å²) in [5.41, 5.74) is 5.69. The molecule has 1 rings (SSSR count). The first kappa shape index (κ1) is 12.7. The first-order valence-electron chi connectivity index (χ1n) is 5.46. The van der Waals surface area contributed by atoms with E-state index in [1.54, 1.807) is 6.92 Å². The Morgan fingerprint density at radius 1 is 1.38 bits per heavy atom. The van der Waals surface area contributed by atoms with Gasteiger partial charge in [0.25, 0.3) is 0 Å². The lowest BCUT2D eigenvalue weighted by Crippen LogP contribution is -2.43. The van der Waals surface area contributed by atoms with Crippen molar-refractivity contribution < 1.29 is 9.53 Å². The maximum Gasteiger partial charge on any atom is 0.330 e. The molecule has 0 saturated heterocycles. The van der Waals surface area contributed by atoms with Gasteiger partial charge in [0.2, 0.25) is 0 Å². The van der Waals surface area contributed by atoms with Crippen molar-refractivity contribution in [2.24, 2.45) is 11.7 Å². The fourth-order valence-corrected chi connectivity index (χ4v) is 1.29. The monoisotopic (exact) mass is 221 g/mol. The minimum atomic E-state index is -1.07. The van der Waals surface area contributed by atoms with Crippen LogP contribution in [0.3, 0.4) is 0 Å². The van der Waals surface area contributed by atoms with E-state index in [0.29, 0.717) is 12.5 Å². The molecule has 88 valence electrons. The third kappa shape index (κ3) is 3.07. The van der Waals surface area contributed by atoms with Crippen LogP contribution in [0.4, 0.5) is 0 Å². The number of carbonyl (C=O) groups excluding carboxylic acids is 1. The van der Waals surface area contributed by atoms with Gasteiger partial charge in [0.15, 0.2) is 0 Å². The molecule has 3 nitrogen and oxygen atoms in total. The molecule has 1 unspecified atom stereocenters. The lowest BCUT2D eigenvalue weighted by atomic mass is 9.93. The molecule has 3 heteroatoms. The molecule has 0 saturated carbocycles. The van der Waals surface area contributed by atoms with Gasteiger partial charge in [-0.25, -0.2) is 4.79 Å². The predicted octanol–water partition coefficient (Wildman–Crippen LogP) is 2.06. The standard InChI is InChI=1S/C13H19NO2/c1-10(2)9-16-12(15)13(3,14)11-7-5-4-6-8-11/h4-8,10H,9,14H2,1-3H3. The third-order valence-corrected chi connectivity index (χ3v) is 2.35. The second kappa shape index (κ2) is 5.12. The molecule has 0 fully saturated rings. The first-order chi connectivity index (χ1) is 7.44. The van der Waals surface area contributed by atoms with Gasteiger partial charge in [0, 0.05) is 0 Å². The van der Waals surface area contributed by atoms with Crippen molar-refractivity contribution in [3.8, 4) is 0 Å². The molecular weight excluding hydrogens is 202 g/mol. The van der Waals surface area contributed by atoms with Crippen molar-refractivity contribution in [1.29, 1.82) is 0 Å².